The van der Waals surface area contributed by atoms with E-state index in [2.05, 4.69) is 31.4 Å². The van der Waals surface area contributed by atoms with Crippen LogP contribution in [0.15, 0.2) is 0 Å². The topological polar surface area (TPSA) is 24.1 Å². The summed E-state index contributed by atoms with van der Waals surface area (Å²) in [5, 5.41) is 7.02. The largest absolute Gasteiger partial charge is 0.363 e. The van der Waals surface area contributed by atoms with Crippen molar-refractivity contribution in [2.75, 3.05) is 13.1 Å². The van der Waals surface area contributed by atoms with E-state index in [1.54, 1.807) is 0 Å². The summed E-state index contributed by atoms with van der Waals surface area (Å²) in [6.45, 7) is 8.36. The first-order valence-corrected chi connectivity index (χ1v) is 4.59. The van der Waals surface area contributed by atoms with Gasteiger partial charge in [-0.15, -0.1) is 0 Å². The van der Waals surface area contributed by atoms with Gasteiger partial charge >= 0.3 is 0 Å². The van der Waals surface area contributed by atoms with E-state index >= 15 is 0 Å². The lowest BCUT2D eigenvalue weighted by Gasteiger charge is -2.10. The molecule has 0 aromatic carbocycles. The van der Waals surface area contributed by atoms with Crippen LogP contribution in [0.5, 0.6) is 0 Å². The fraction of sp³-hybridized carbons (Fsp3) is 0.875. The molecule has 0 unspecified atom stereocenters. The van der Waals surface area contributed by atoms with Crippen molar-refractivity contribution in [3.8, 4) is 0 Å². The third kappa shape index (κ3) is 7.59. The molecule has 2 nitrogen and oxygen atoms in total. The van der Waals surface area contributed by atoms with Gasteiger partial charge in [0, 0.05) is 13.1 Å². The van der Waals surface area contributed by atoms with Gasteiger partial charge in [0.1, 0.15) is 0 Å². The molecule has 0 heterocycles. The highest BCUT2D eigenvalue weighted by Crippen LogP contribution is 1.86. The molecule has 0 aliphatic heterocycles. The van der Waals surface area contributed by atoms with Crippen LogP contribution in [-0.4, -0.2) is 18.2 Å². The van der Waals surface area contributed by atoms with Gasteiger partial charge in [-0.25, -0.2) is 0 Å². The number of nitrogens with one attached hydrogen (secondary N) is 2. The quantitative estimate of drug-likeness (QED) is 0.632. The zero-order chi connectivity index (χ0) is 8.69. The minimum Gasteiger partial charge on any atom is -0.363 e. The normalized spacial score (nSPS) is 9.82. The average Bonchev–Trinajstić information content (AvgIpc) is 1.97. The Hall–Kier alpha value is -0.310. The number of hydrogen-bond acceptors (Lipinski definition) is 1. The van der Waals surface area contributed by atoms with E-state index < -0.39 is 0 Å². The molecule has 11 heavy (non-hydrogen) atoms. The minimum atomic E-state index is 0.649. The second-order valence-electron chi connectivity index (χ2n) is 3.03. The smallest absolute Gasteiger partial charge is 0.166 e. The van der Waals surface area contributed by atoms with E-state index in [9.17, 15) is 0 Å². The Bertz CT molecular complexity index is 113. The van der Waals surface area contributed by atoms with Gasteiger partial charge in [-0.05, 0) is 24.6 Å². The van der Waals surface area contributed by atoms with Gasteiger partial charge in [0.25, 0.3) is 0 Å². The average molecular weight is 174 g/mol. The maximum Gasteiger partial charge on any atom is 0.166 e. The lowest BCUT2D eigenvalue weighted by Crippen LogP contribution is -2.37. The minimum absolute atomic E-state index is 0.649. The van der Waals surface area contributed by atoms with Gasteiger partial charge in [-0.2, -0.15) is 0 Å². The molecule has 0 bridgehead atoms. The first-order chi connectivity index (χ1) is 5.16. The van der Waals surface area contributed by atoms with Crippen molar-refractivity contribution in [2.24, 2.45) is 5.92 Å². The predicted molar refractivity (Wildman–Crippen MR) is 53.7 cm³/mol. The molecule has 3 heteroatoms. The molecule has 0 aromatic rings. The lowest BCUT2D eigenvalue weighted by molar-refractivity contribution is 0.619. The van der Waals surface area contributed by atoms with Crippen molar-refractivity contribution in [1.82, 2.24) is 10.6 Å². The van der Waals surface area contributed by atoms with Crippen molar-refractivity contribution in [1.29, 1.82) is 0 Å². The Balaban J connectivity index is 3.23. The molecule has 0 aliphatic carbocycles. The molecular weight excluding hydrogens is 156 g/mol. The first-order valence-electron chi connectivity index (χ1n) is 4.18. The van der Waals surface area contributed by atoms with E-state index in [0.717, 1.165) is 24.6 Å². The van der Waals surface area contributed by atoms with Gasteiger partial charge in [0.15, 0.2) is 5.11 Å². The van der Waals surface area contributed by atoms with E-state index in [1.807, 2.05) is 0 Å². The summed E-state index contributed by atoms with van der Waals surface area (Å²) in [5.41, 5.74) is 0. The summed E-state index contributed by atoms with van der Waals surface area (Å²) >= 11 is 5.02. The second kappa shape index (κ2) is 6.40. The summed E-state index contributed by atoms with van der Waals surface area (Å²) in [5.74, 6) is 0.649. The SMILES string of the molecule is CCCNC(=S)NCC(C)C. The molecule has 0 spiro atoms. The number of rotatable bonds is 4. The molecule has 0 aliphatic rings. The summed E-state index contributed by atoms with van der Waals surface area (Å²) in [6.07, 6.45) is 1.11. The van der Waals surface area contributed by atoms with E-state index in [1.165, 1.54) is 0 Å². The third-order valence-corrected chi connectivity index (χ3v) is 1.50. The van der Waals surface area contributed by atoms with Crippen molar-refractivity contribution in [3.63, 3.8) is 0 Å². The van der Waals surface area contributed by atoms with Crippen LogP contribution >= 0.6 is 12.2 Å². The van der Waals surface area contributed by atoms with Crippen LogP contribution in [0.4, 0.5) is 0 Å². The fourth-order valence-electron chi connectivity index (χ4n) is 0.598. The van der Waals surface area contributed by atoms with E-state index in [0.29, 0.717) is 5.92 Å². The molecule has 0 rings (SSSR count). The van der Waals surface area contributed by atoms with Crippen LogP contribution < -0.4 is 10.6 Å². The summed E-state index contributed by atoms with van der Waals surface area (Å²) in [7, 11) is 0. The Kier molecular flexibility index (Phi) is 6.22. The Morgan fingerprint density at radius 1 is 1.36 bits per heavy atom. The van der Waals surface area contributed by atoms with E-state index in [-0.39, 0.29) is 0 Å². The standard InChI is InChI=1S/C8H18N2S/c1-4-5-9-8(11)10-6-7(2)3/h7H,4-6H2,1-3H3,(H2,9,10,11). The highest BCUT2D eigenvalue weighted by Gasteiger charge is 1.94. The molecule has 0 atom stereocenters. The molecule has 0 aromatic heterocycles. The summed E-state index contributed by atoms with van der Waals surface area (Å²) in [6, 6.07) is 0. The van der Waals surface area contributed by atoms with Crippen LogP contribution in [0.2, 0.25) is 0 Å². The monoisotopic (exact) mass is 174 g/mol. The Morgan fingerprint density at radius 2 is 2.00 bits per heavy atom. The van der Waals surface area contributed by atoms with Gasteiger partial charge in [-0.3, -0.25) is 0 Å². The maximum atomic E-state index is 5.02. The highest BCUT2D eigenvalue weighted by molar-refractivity contribution is 7.80. The van der Waals surface area contributed by atoms with Crippen molar-refractivity contribution < 1.29 is 0 Å². The van der Waals surface area contributed by atoms with Crippen LogP contribution in [-0.2, 0) is 0 Å². The third-order valence-electron chi connectivity index (χ3n) is 1.21. The van der Waals surface area contributed by atoms with Gasteiger partial charge in [0.2, 0.25) is 0 Å². The molecule has 0 amide bonds. The van der Waals surface area contributed by atoms with Gasteiger partial charge in [0.05, 0.1) is 0 Å². The van der Waals surface area contributed by atoms with Crippen LogP contribution in [0.25, 0.3) is 0 Å². The Labute approximate surface area is 74.8 Å². The zero-order valence-corrected chi connectivity index (χ0v) is 8.42. The van der Waals surface area contributed by atoms with Crippen LogP contribution in [0, 0.1) is 5.92 Å². The van der Waals surface area contributed by atoms with Gasteiger partial charge in [-0.1, -0.05) is 20.8 Å². The molecule has 2 N–H and O–H groups in total. The van der Waals surface area contributed by atoms with Crippen molar-refractivity contribution >= 4 is 17.3 Å². The molecule has 0 saturated carbocycles. The lowest BCUT2D eigenvalue weighted by atomic mass is 10.2. The predicted octanol–water partition coefficient (Wildman–Crippen LogP) is 1.52. The van der Waals surface area contributed by atoms with E-state index in [4.69, 9.17) is 12.2 Å². The molecule has 0 saturated heterocycles. The van der Waals surface area contributed by atoms with Crippen molar-refractivity contribution in [2.45, 2.75) is 27.2 Å². The van der Waals surface area contributed by atoms with Gasteiger partial charge < -0.3 is 10.6 Å². The molecule has 0 fully saturated rings. The van der Waals surface area contributed by atoms with Crippen molar-refractivity contribution in [3.05, 3.63) is 0 Å². The first kappa shape index (κ1) is 10.7. The highest BCUT2D eigenvalue weighted by atomic mass is 32.1. The van der Waals surface area contributed by atoms with Crippen LogP contribution in [0.1, 0.15) is 27.2 Å². The second-order valence-corrected chi connectivity index (χ2v) is 3.44. The molecule has 0 radical (unpaired) electrons. The molecular formula is C8H18N2S. The van der Waals surface area contributed by atoms with Crippen LogP contribution in [0.3, 0.4) is 0 Å². The Morgan fingerprint density at radius 3 is 2.45 bits per heavy atom. The summed E-state index contributed by atoms with van der Waals surface area (Å²) < 4.78 is 0. The molecule has 66 valence electrons. The summed E-state index contributed by atoms with van der Waals surface area (Å²) in [4.78, 5) is 0. The fourth-order valence-corrected chi connectivity index (χ4v) is 0.783. The number of thiocarbonyl (C=S) groups is 1. The number of hydrogen-bond donors (Lipinski definition) is 2. The maximum absolute atomic E-state index is 5.02. The zero-order valence-electron chi connectivity index (χ0n) is 7.61.